The Hall–Kier alpha value is -1.66. The van der Waals surface area contributed by atoms with Gasteiger partial charge in [-0.3, -0.25) is 14.4 Å². The van der Waals surface area contributed by atoms with Crippen LogP contribution in [0.2, 0.25) is 0 Å². The molecule has 2 rings (SSSR count). The predicted molar refractivity (Wildman–Crippen MR) is 81.6 cm³/mol. The van der Waals surface area contributed by atoms with E-state index in [4.69, 9.17) is 0 Å². The van der Waals surface area contributed by atoms with Gasteiger partial charge < -0.3 is 10.0 Å². The number of hydrogen-bond donors (Lipinski definition) is 1. The summed E-state index contributed by atoms with van der Waals surface area (Å²) < 4.78 is 1.71. The Labute approximate surface area is 125 Å². The van der Waals surface area contributed by atoms with Crippen LogP contribution >= 0.6 is 0 Å². The highest BCUT2D eigenvalue weighted by atomic mass is 16.3. The molecule has 1 N–H and O–H groups in total. The summed E-state index contributed by atoms with van der Waals surface area (Å²) in [5.74, 6) is 0.0294. The van der Waals surface area contributed by atoms with E-state index in [9.17, 15) is 9.90 Å². The van der Waals surface area contributed by atoms with Crippen LogP contribution in [0.5, 0.6) is 0 Å². The molecule has 21 heavy (non-hydrogen) atoms. The second-order valence-corrected chi connectivity index (χ2v) is 6.19. The highest BCUT2D eigenvalue weighted by Gasteiger charge is 2.23. The van der Waals surface area contributed by atoms with Gasteiger partial charge in [0, 0.05) is 57.6 Å². The zero-order valence-electron chi connectivity index (χ0n) is 13.0. The van der Waals surface area contributed by atoms with Crippen molar-refractivity contribution in [3.8, 4) is 0 Å². The number of aryl methyl sites for hydroxylation is 1. The summed E-state index contributed by atoms with van der Waals surface area (Å²) >= 11 is 0. The highest BCUT2D eigenvalue weighted by molar-refractivity contribution is 5.91. The number of carbonyl (C=O) groups excluding carboxylic acids is 1. The lowest BCUT2D eigenvalue weighted by atomic mass is 10.1. The van der Waals surface area contributed by atoms with E-state index in [2.05, 4.69) is 10.00 Å². The molecule has 1 saturated heterocycles. The van der Waals surface area contributed by atoms with E-state index in [0.29, 0.717) is 19.6 Å². The lowest BCUT2D eigenvalue weighted by Crippen LogP contribution is -2.51. The fraction of sp³-hybridized carbons (Fsp3) is 0.600. The van der Waals surface area contributed by atoms with Crippen LogP contribution in [0.4, 0.5) is 0 Å². The number of β-amino-alcohol motifs (C(OH)–C–C–N with tert-alkyl or cyclic N) is 1. The van der Waals surface area contributed by atoms with E-state index < -0.39 is 5.60 Å². The first-order valence-corrected chi connectivity index (χ1v) is 7.24. The summed E-state index contributed by atoms with van der Waals surface area (Å²) in [5, 5.41) is 13.9. The summed E-state index contributed by atoms with van der Waals surface area (Å²) in [7, 11) is 1.85. The molecular formula is C15H24N4O2. The molecule has 2 heterocycles. The molecule has 0 unspecified atom stereocenters. The van der Waals surface area contributed by atoms with Gasteiger partial charge in [-0.2, -0.15) is 5.10 Å². The quantitative estimate of drug-likeness (QED) is 0.814. The monoisotopic (exact) mass is 292 g/mol. The van der Waals surface area contributed by atoms with Crippen LogP contribution in [0, 0.1) is 0 Å². The molecule has 0 bridgehead atoms. The summed E-state index contributed by atoms with van der Waals surface area (Å²) in [6.07, 6.45) is 6.98. The maximum Gasteiger partial charge on any atom is 0.246 e. The lowest BCUT2D eigenvalue weighted by Gasteiger charge is -2.36. The molecule has 0 aromatic carbocycles. The van der Waals surface area contributed by atoms with Crippen molar-refractivity contribution in [1.29, 1.82) is 0 Å². The summed E-state index contributed by atoms with van der Waals surface area (Å²) in [6.45, 7) is 7.26. The Morgan fingerprint density at radius 3 is 2.57 bits per heavy atom. The Kier molecular flexibility index (Phi) is 4.80. The Balaban J connectivity index is 1.82. The van der Waals surface area contributed by atoms with Crippen molar-refractivity contribution in [3.05, 3.63) is 24.0 Å². The van der Waals surface area contributed by atoms with Gasteiger partial charge in [0.05, 0.1) is 11.8 Å². The van der Waals surface area contributed by atoms with Crippen LogP contribution in [0.3, 0.4) is 0 Å². The van der Waals surface area contributed by atoms with Gasteiger partial charge >= 0.3 is 0 Å². The van der Waals surface area contributed by atoms with Gasteiger partial charge in [0.1, 0.15) is 0 Å². The van der Waals surface area contributed by atoms with E-state index >= 15 is 0 Å². The standard InChI is InChI=1S/C15H24N4O2/c1-15(2,21)12-18-6-8-19(9-7-18)14(20)5-4-13-10-16-17(3)11-13/h4-5,10-11,21H,6-9,12H2,1-3H3. The van der Waals surface area contributed by atoms with E-state index in [1.54, 1.807) is 36.9 Å². The molecule has 6 heteroatoms. The molecule has 1 aliphatic heterocycles. The zero-order valence-corrected chi connectivity index (χ0v) is 13.0. The number of nitrogens with zero attached hydrogens (tertiary/aromatic N) is 4. The average Bonchev–Trinajstić information content (AvgIpc) is 2.81. The average molecular weight is 292 g/mol. The molecule has 0 saturated carbocycles. The van der Waals surface area contributed by atoms with Crippen LogP contribution in [-0.4, -0.2) is 68.9 Å². The Morgan fingerprint density at radius 1 is 1.38 bits per heavy atom. The van der Waals surface area contributed by atoms with Crippen molar-refractivity contribution < 1.29 is 9.90 Å². The number of hydrogen-bond acceptors (Lipinski definition) is 4. The van der Waals surface area contributed by atoms with Gasteiger partial charge in [0.2, 0.25) is 5.91 Å². The lowest BCUT2D eigenvalue weighted by molar-refractivity contribution is -0.128. The highest BCUT2D eigenvalue weighted by Crippen LogP contribution is 2.09. The van der Waals surface area contributed by atoms with E-state index in [1.165, 1.54) is 0 Å². The van der Waals surface area contributed by atoms with Gasteiger partial charge in [-0.25, -0.2) is 0 Å². The van der Waals surface area contributed by atoms with Gasteiger partial charge in [0.15, 0.2) is 0 Å². The van der Waals surface area contributed by atoms with Crippen LogP contribution in [0.1, 0.15) is 19.4 Å². The molecule has 1 aromatic rings. The smallest absolute Gasteiger partial charge is 0.246 e. The first-order chi connectivity index (χ1) is 9.83. The van der Waals surface area contributed by atoms with Crippen LogP contribution in [0.25, 0.3) is 6.08 Å². The zero-order chi connectivity index (χ0) is 15.5. The minimum atomic E-state index is -0.688. The number of rotatable bonds is 4. The molecule has 0 spiro atoms. The maximum absolute atomic E-state index is 12.1. The number of aliphatic hydroxyl groups is 1. The fourth-order valence-electron chi connectivity index (χ4n) is 2.47. The van der Waals surface area contributed by atoms with Gasteiger partial charge in [-0.1, -0.05) is 0 Å². The maximum atomic E-state index is 12.1. The normalized spacial score (nSPS) is 17.6. The van der Waals surface area contributed by atoms with Gasteiger partial charge in [-0.05, 0) is 19.9 Å². The van der Waals surface area contributed by atoms with Gasteiger partial charge in [-0.15, -0.1) is 0 Å². The van der Waals surface area contributed by atoms with Crippen LogP contribution in [0.15, 0.2) is 18.5 Å². The molecule has 0 aliphatic carbocycles. The second kappa shape index (κ2) is 6.41. The third-order valence-electron chi connectivity index (χ3n) is 3.44. The van der Waals surface area contributed by atoms with Crippen molar-refractivity contribution in [3.63, 3.8) is 0 Å². The third kappa shape index (κ3) is 4.99. The van der Waals surface area contributed by atoms with Crippen molar-refractivity contribution >= 4 is 12.0 Å². The molecule has 1 aliphatic rings. The molecule has 1 amide bonds. The number of amides is 1. The van der Waals surface area contributed by atoms with E-state index in [-0.39, 0.29) is 5.91 Å². The summed E-state index contributed by atoms with van der Waals surface area (Å²) in [4.78, 5) is 16.1. The van der Waals surface area contributed by atoms with Gasteiger partial charge in [0.25, 0.3) is 0 Å². The SMILES string of the molecule is Cn1cc(C=CC(=O)N2CCN(CC(C)(C)O)CC2)cn1. The topological polar surface area (TPSA) is 61.6 Å². The van der Waals surface area contributed by atoms with Crippen molar-refractivity contribution in [2.75, 3.05) is 32.7 Å². The molecule has 1 fully saturated rings. The first-order valence-electron chi connectivity index (χ1n) is 7.24. The first kappa shape index (κ1) is 15.7. The molecule has 0 atom stereocenters. The van der Waals surface area contributed by atoms with E-state index in [1.807, 2.05) is 18.1 Å². The Bertz CT molecular complexity index is 508. The van der Waals surface area contributed by atoms with Crippen molar-refractivity contribution in [1.82, 2.24) is 19.6 Å². The predicted octanol–water partition coefficient (Wildman–Crippen LogP) is 0.348. The fourth-order valence-corrected chi connectivity index (χ4v) is 2.47. The van der Waals surface area contributed by atoms with Crippen molar-refractivity contribution in [2.45, 2.75) is 19.4 Å². The van der Waals surface area contributed by atoms with E-state index in [0.717, 1.165) is 18.7 Å². The summed E-state index contributed by atoms with van der Waals surface area (Å²) in [6, 6.07) is 0. The number of piperazine rings is 1. The van der Waals surface area contributed by atoms with Crippen molar-refractivity contribution in [2.24, 2.45) is 7.05 Å². The molecule has 1 aromatic heterocycles. The molecular weight excluding hydrogens is 268 g/mol. The second-order valence-electron chi connectivity index (χ2n) is 6.19. The number of carbonyl (C=O) groups is 1. The van der Waals surface area contributed by atoms with Crippen LogP contribution < -0.4 is 0 Å². The minimum Gasteiger partial charge on any atom is -0.389 e. The third-order valence-corrected chi connectivity index (χ3v) is 3.44. The summed E-state index contributed by atoms with van der Waals surface area (Å²) in [5.41, 5.74) is 0.235. The largest absolute Gasteiger partial charge is 0.389 e. The minimum absolute atomic E-state index is 0.0294. The Morgan fingerprint density at radius 2 is 2.05 bits per heavy atom. The molecule has 116 valence electrons. The van der Waals surface area contributed by atoms with Crippen LogP contribution in [-0.2, 0) is 11.8 Å². The molecule has 0 radical (unpaired) electrons. The number of aromatic nitrogens is 2. The molecule has 6 nitrogen and oxygen atoms in total.